The second-order valence-corrected chi connectivity index (χ2v) is 7.07. The maximum absolute atomic E-state index is 3.54. The normalized spacial score (nSPS) is 26.6. The van der Waals surface area contributed by atoms with E-state index in [1.54, 1.807) is 0 Å². The van der Waals surface area contributed by atoms with Crippen LogP contribution in [0.4, 0.5) is 0 Å². The van der Waals surface area contributed by atoms with E-state index in [-0.39, 0.29) is 0 Å². The summed E-state index contributed by atoms with van der Waals surface area (Å²) in [6, 6.07) is 0.764. The summed E-state index contributed by atoms with van der Waals surface area (Å²) in [5.74, 6) is 0. The van der Waals surface area contributed by atoms with Gasteiger partial charge < -0.3 is 10.2 Å². The van der Waals surface area contributed by atoms with Crippen LogP contribution < -0.4 is 5.32 Å². The Hall–Kier alpha value is -0.120. The molecule has 1 atom stereocenters. The Morgan fingerprint density at radius 3 is 2.25 bits per heavy atom. The Morgan fingerprint density at radius 2 is 1.70 bits per heavy atom. The molecule has 1 unspecified atom stereocenters. The lowest BCUT2D eigenvalue weighted by Gasteiger charge is -2.45. The number of piperidine rings is 1. The van der Waals surface area contributed by atoms with Gasteiger partial charge in [-0.25, -0.2) is 0 Å². The van der Waals surface area contributed by atoms with Crippen molar-refractivity contribution in [1.82, 2.24) is 15.1 Å². The minimum atomic E-state index is 0.610. The monoisotopic (exact) mass is 281 g/mol. The van der Waals surface area contributed by atoms with Gasteiger partial charge in [0.1, 0.15) is 0 Å². The molecular formula is C17H35N3. The van der Waals surface area contributed by atoms with Crippen LogP contribution in [0.2, 0.25) is 0 Å². The molecule has 0 amide bonds. The maximum atomic E-state index is 3.54. The summed E-state index contributed by atoms with van der Waals surface area (Å²) in [6.45, 7) is 15.9. The minimum Gasteiger partial charge on any atom is -0.317 e. The third-order valence-corrected chi connectivity index (χ3v) is 5.62. The smallest absolute Gasteiger partial charge is 0.0113 e. The van der Waals surface area contributed by atoms with Crippen molar-refractivity contribution in [2.45, 2.75) is 58.9 Å². The summed E-state index contributed by atoms with van der Waals surface area (Å²) in [5, 5.41) is 3.54. The largest absolute Gasteiger partial charge is 0.317 e. The number of rotatable bonds is 6. The summed E-state index contributed by atoms with van der Waals surface area (Å²) in [4.78, 5) is 5.42. The first-order chi connectivity index (χ1) is 9.69. The topological polar surface area (TPSA) is 18.5 Å². The molecule has 3 heteroatoms. The van der Waals surface area contributed by atoms with Crippen LogP contribution in [0.5, 0.6) is 0 Å². The highest BCUT2D eigenvalue weighted by atomic mass is 15.3. The molecule has 0 aromatic carbocycles. The van der Waals surface area contributed by atoms with E-state index in [9.17, 15) is 0 Å². The predicted octanol–water partition coefficient (Wildman–Crippen LogP) is 2.57. The molecule has 2 saturated heterocycles. The SMILES string of the molecule is CCCC1(CN2CCN(C(C)CC)CC2)CCNCC1. The second-order valence-electron chi connectivity index (χ2n) is 7.07. The lowest BCUT2D eigenvalue weighted by Crippen LogP contribution is -2.53. The van der Waals surface area contributed by atoms with Crippen molar-refractivity contribution < 1.29 is 0 Å². The Balaban J connectivity index is 1.83. The standard InChI is InChI=1S/C17H35N3/c1-4-6-17(7-9-18-10-8-17)15-19-11-13-20(14-12-19)16(3)5-2/h16,18H,4-15H2,1-3H3. The third kappa shape index (κ3) is 4.19. The highest BCUT2D eigenvalue weighted by Crippen LogP contribution is 2.35. The van der Waals surface area contributed by atoms with Gasteiger partial charge in [-0.3, -0.25) is 4.90 Å². The van der Waals surface area contributed by atoms with E-state index in [0.717, 1.165) is 6.04 Å². The van der Waals surface area contributed by atoms with Gasteiger partial charge >= 0.3 is 0 Å². The molecule has 0 saturated carbocycles. The van der Waals surface area contributed by atoms with Gasteiger partial charge in [0.15, 0.2) is 0 Å². The fourth-order valence-corrected chi connectivity index (χ4v) is 4.07. The van der Waals surface area contributed by atoms with Gasteiger partial charge in [-0.1, -0.05) is 20.3 Å². The van der Waals surface area contributed by atoms with Crippen LogP contribution in [-0.2, 0) is 0 Å². The van der Waals surface area contributed by atoms with Crippen molar-refractivity contribution in [3.63, 3.8) is 0 Å². The van der Waals surface area contributed by atoms with E-state index in [1.165, 1.54) is 77.9 Å². The van der Waals surface area contributed by atoms with Gasteiger partial charge in [0.05, 0.1) is 0 Å². The van der Waals surface area contributed by atoms with Crippen LogP contribution in [0.1, 0.15) is 52.9 Å². The molecule has 2 aliphatic rings. The van der Waals surface area contributed by atoms with Crippen LogP contribution in [0, 0.1) is 5.41 Å². The average Bonchev–Trinajstić information content (AvgIpc) is 2.48. The zero-order chi connectivity index (χ0) is 14.4. The van der Waals surface area contributed by atoms with Crippen molar-refractivity contribution in [2.75, 3.05) is 45.8 Å². The van der Waals surface area contributed by atoms with Crippen molar-refractivity contribution in [1.29, 1.82) is 0 Å². The van der Waals surface area contributed by atoms with E-state index in [0.29, 0.717) is 5.41 Å². The quantitative estimate of drug-likeness (QED) is 0.807. The number of nitrogens with one attached hydrogen (secondary N) is 1. The average molecular weight is 281 g/mol. The Labute approximate surface area is 126 Å². The molecule has 3 nitrogen and oxygen atoms in total. The zero-order valence-corrected chi connectivity index (χ0v) is 14.0. The van der Waals surface area contributed by atoms with E-state index in [4.69, 9.17) is 0 Å². The Bertz CT molecular complexity index is 260. The summed E-state index contributed by atoms with van der Waals surface area (Å²) in [5.41, 5.74) is 0.610. The minimum absolute atomic E-state index is 0.610. The first-order valence-electron chi connectivity index (χ1n) is 8.86. The van der Waals surface area contributed by atoms with Gasteiger partial charge in [-0.2, -0.15) is 0 Å². The zero-order valence-electron chi connectivity index (χ0n) is 14.0. The molecule has 1 N–H and O–H groups in total. The number of hydrogen-bond acceptors (Lipinski definition) is 3. The fourth-order valence-electron chi connectivity index (χ4n) is 4.07. The van der Waals surface area contributed by atoms with Gasteiger partial charge in [-0.15, -0.1) is 0 Å². The van der Waals surface area contributed by atoms with E-state index >= 15 is 0 Å². The van der Waals surface area contributed by atoms with Gasteiger partial charge in [-0.05, 0) is 51.1 Å². The van der Waals surface area contributed by atoms with E-state index in [1.807, 2.05) is 0 Å². The molecule has 20 heavy (non-hydrogen) atoms. The lowest BCUT2D eigenvalue weighted by atomic mass is 9.75. The molecule has 0 aromatic rings. The highest BCUT2D eigenvalue weighted by Gasteiger charge is 2.34. The van der Waals surface area contributed by atoms with E-state index < -0.39 is 0 Å². The Kier molecular flexibility index (Phi) is 6.31. The highest BCUT2D eigenvalue weighted by molar-refractivity contribution is 4.89. The fraction of sp³-hybridized carbons (Fsp3) is 1.00. The van der Waals surface area contributed by atoms with Crippen molar-refractivity contribution >= 4 is 0 Å². The summed E-state index contributed by atoms with van der Waals surface area (Å²) >= 11 is 0. The van der Waals surface area contributed by atoms with Crippen molar-refractivity contribution in [3.05, 3.63) is 0 Å². The van der Waals surface area contributed by atoms with Crippen LogP contribution in [0.15, 0.2) is 0 Å². The summed E-state index contributed by atoms with van der Waals surface area (Å²) in [7, 11) is 0. The maximum Gasteiger partial charge on any atom is 0.0113 e. The molecular weight excluding hydrogens is 246 g/mol. The molecule has 2 rings (SSSR count). The first kappa shape index (κ1) is 16.3. The molecule has 2 heterocycles. The number of hydrogen-bond donors (Lipinski definition) is 1. The van der Waals surface area contributed by atoms with Crippen LogP contribution in [0.25, 0.3) is 0 Å². The van der Waals surface area contributed by atoms with Crippen molar-refractivity contribution in [2.24, 2.45) is 5.41 Å². The molecule has 2 fully saturated rings. The number of nitrogens with zero attached hydrogens (tertiary/aromatic N) is 2. The third-order valence-electron chi connectivity index (χ3n) is 5.62. The van der Waals surface area contributed by atoms with Crippen LogP contribution in [0.3, 0.4) is 0 Å². The molecule has 0 aliphatic carbocycles. The molecule has 118 valence electrons. The number of piperazine rings is 1. The van der Waals surface area contributed by atoms with Crippen LogP contribution >= 0.6 is 0 Å². The lowest BCUT2D eigenvalue weighted by molar-refractivity contribution is 0.0479. The van der Waals surface area contributed by atoms with Gasteiger partial charge in [0.2, 0.25) is 0 Å². The second kappa shape index (κ2) is 7.77. The summed E-state index contributed by atoms with van der Waals surface area (Å²) < 4.78 is 0. The molecule has 2 aliphatic heterocycles. The van der Waals surface area contributed by atoms with Crippen molar-refractivity contribution in [3.8, 4) is 0 Å². The van der Waals surface area contributed by atoms with Crippen LogP contribution in [-0.4, -0.2) is 61.7 Å². The molecule has 0 spiro atoms. The van der Waals surface area contributed by atoms with E-state index in [2.05, 4.69) is 35.9 Å². The first-order valence-corrected chi connectivity index (χ1v) is 8.86. The molecule has 0 bridgehead atoms. The summed E-state index contributed by atoms with van der Waals surface area (Å²) in [6.07, 6.45) is 6.80. The molecule has 0 aromatic heterocycles. The van der Waals surface area contributed by atoms with Gasteiger partial charge in [0, 0.05) is 38.8 Å². The predicted molar refractivity (Wildman–Crippen MR) is 87.2 cm³/mol. The van der Waals surface area contributed by atoms with Gasteiger partial charge in [0.25, 0.3) is 0 Å². The molecule has 0 radical (unpaired) electrons. The Morgan fingerprint density at radius 1 is 1.05 bits per heavy atom.